The minimum Gasteiger partial charge on any atom is -0.469 e. The number of nitrogens with one attached hydrogen (secondary N) is 1. The molecular formula is C18H34N4O2. The summed E-state index contributed by atoms with van der Waals surface area (Å²) < 4.78 is 4.93. The molecule has 2 rings (SSSR count). The van der Waals surface area contributed by atoms with E-state index in [0.29, 0.717) is 12.5 Å². The number of piperidine rings is 1. The molecule has 0 aromatic rings. The van der Waals surface area contributed by atoms with E-state index >= 15 is 0 Å². The van der Waals surface area contributed by atoms with Crippen molar-refractivity contribution in [2.24, 2.45) is 22.7 Å². The van der Waals surface area contributed by atoms with E-state index in [4.69, 9.17) is 9.73 Å². The molecule has 2 saturated heterocycles. The maximum absolute atomic E-state index is 11.9. The number of ether oxygens (including phenoxy) is 1. The quantitative estimate of drug-likeness (QED) is 0.467. The second-order valence-corrected chi connectivity index (χ2v) is 7.30. The monoisotopic (exact) mass is 338 g/mol. The number of nitrogens with zero attached hydrogens (tertiary/aromatic N) is 3. The molecule has 138 valence electrons. The Bertz CT molecular complexity index is 441. The zero-order valence-corrected chi connectivity index (χ0v) is 15.8. The molecule has 0 aromatic heterocycles. The second kappa shape index (κ2) is 9.25. The van der Waals surface area contributed by atoms with Crippen molar-refractivity contribution in [2.45, 2.75) is 33.6 Å². The highest BCUT2D eigenvalue weighted by Gasteiger charge is 2.36. The van der Waals surface area contributed by atoms with Crippen LogP contribution < -0.4 is 5.32 Å². The number of aliphatic imine (C=N–C) groups is 1. The van der Waals surface area contributed by atoms with Gasteiger partial charge in [-0.1, -0.05) is 13.8 Å². The van der Waals surface area contributed by atoms with Crippen LogP contribution in [0, 0.1) is 17.8 Å². The van der Waals surface area contributed by atoms with E-state index in [0.717, 1.165) is 38.1 Å². The number of hydrogen-bond acceptors (Lipinski definition) is 4. The van der Waals surface area contributed by atoms with E-state index in [2.05, 4.69) is 35.9 Å². The molecule has 2 aliphatic heterocycles. The summed E-state index contributed by atoms with van der Waals surface area (Å²) in [6.45, 7) is 13.1. The summed E-state index contributed by atoms with van der Waals surface area (Å²) in [5.41, 5.74) is 0. The van der Waals surface area contributed by atoms with Gasteiger partial charge in [-0.15, -0.1) is 0 Å². The van der Waals surface area contributed by atoms with Gasteiger partial charge in [-0.3, -0.25) is 9.79 Å². The van der Waals surface area contributed by atoms with Gasteiger partial charge in [-0.2, -0.15) is 0 Å². The molecule has 1 N–H and O–H groups in total. The molecule has 0 aliphatic carbocycles. The summed E-state index contributed by atoms with van der Waals surface area (Å²) in [4.78, 5) is 21.4. The third kappa shape index (κ3) is 5.10. The first-order chi connectivity index (χ1) is 11.5. The molecular weight excluding hydrogens is 304 g/mol. The van der Waals surface area contributed by atoms with Crippen LogP contribution in [0.15, 0.2) is 4.99 Å². The Morgan fingerprint density at radius 1 is 1.29 bits per heavy atom. The van der Waals surface area contributed by atoms with Crippen molar-refractivity contribution < 1.29 is 9.53 Å². The number of carbonyl (C=O) groups is 1. The molecule has 0 amide bonds. The summed E-state index contributed by atoms with van der Waals surface area (Å²) in [6.07, 6.45) is 2.65. The first-order valence-electron chi connectivity index (χ1n) is 9.38. The van der Waals surface area contributed by atoms with Crippen LogP contribution in [0.2, 0.25) is 0 Å². The zero-order valence-electron chi connectivity index (χ0n) is 15.8. The predicted octanol–water partition coefficient (Wildman–Crippen LogP) is 1.42. The van der Waals surface area contributed by atoms with Crippen molar-refractivity contribution in [3.8, 4) is 0 Å². The minimum atomic E-state index is -0.108. The van der Waals surface area contributed by atoms with Gasteiger partial charge in [0.1, 0.15) is 0 Å². The van der Waals surface area contributed by atoms with E-state index < -0.39 is 0 Å². The highest BCUT2D eigenvalue weighted by molar-refractivity contribution is 5.82. The van der Waals surface area contributed by atoms with Crippen molar-refractivity contribution in [1.29, 1.82) is 0 Å². The van der Waals surface area contributed by atoms with Crippen LogP contribution in [0.25, 0.3) is 0 Å². The van der Waals surface area contributed by atoms with E-state index in [1.165, 1.54) is 33.0 Å². The number of carbonyl (C=O) groups excluding carboxylic acids is 1. The highest BCUT2D eigenvalue weighted by atomic mass is 16.5. The Balaban J connectivity index is 1.89. The summed E-state index contributed by atoms with van der Waals surface area (Å²) in [6, 6.07) is 0. The summed E-state index contributed by atoms with van der Waals surface area (Å²) >= 11 is 0. The first kappa shape index (κ1) is 19.0. The topological polar surface area (TPSA) is 57.2 Å². The van der Waals surface area contributed by atoms with Gasteiger partial charge >= 0.3 is 5.97 Å². The number of likely N-dealkylation sites (tertiary alicyclic amines) is 2. The Hall–Kier alpha value is -1.30. The molecule has 2 fully saturated rings. The average molecular weight is 338 g/mol. The highest BCUT2D eigenvalue weighted by Crippen LogP contribution is 2.24. The number of hydrogen-bond donors (Lipinski definition) is 1. The molecule has 24 heavy (non-hydrogen) atoms. The fourth-order valence-corrected chi connectivity index (χ4v) is 3.81. The SMILES string of the molecule is CCNC(=NCCN1CCCC(C)C1)N1CC(C)C(C(=O)OC)C1. The lowest BCUT2D eigenvalue weighted by atomic mass is 9.99. The molecule has 3 atom stereocenters. The lowest BCUT2D eigenvalue weighted by Crippen LogP contribution is -2.41. The molecule has 6 nitrogen and oxygen atoms in total. The van der Waals surface area contributed by atoms with Crippen LogP contribution in [0.3, 0.4) is 0 Å². The van der Waals surface area contributed by atoms with Crippen LogP contribution in [0.4, 0.5) is 0 Å². The molecule has 6 heteroatoms. The van der Waals surface area contributed by atoms with E-state index in [1.807, 2.05) is 0 Å². The maximum atomic E-state index is 11.9. The van der Waals surface area contributed by atoms with Crippen molar-refractivity contribution in [3.05, 3.63) is 0 Å². The van der Waals surface area contributed by atoms with E-state index in [-0.39, 0.29) is 11.9 Å². The van der Waals surface area contributed by atoms with Gasteiger partial charge in [0.25, 0.3) is 0 Å². The molecule has 0 aromatic carbocycles. The van der Waals surface area contributed by atoms with Crippen LogP contribution in [0.5, 0.6) is 0 Å². The van der Waals surface area contributed by atoms with Crippen molar-refractivity contribution in [1.82, 2.24) is 15.1 Å². The van der Waals surface area contributed by atoms with Gasteiger partial charge in [0.2, 0.25) is 0 Å². The Morgan fingerprint density at radius 3 is 2.75 bits per heavy atom. The lowest BCUT2D eigenvalue weighted by Gasteiger charge is -2.30. The third-order valence-electron chi connectivity index (χ3n) is 5.17. The normalized spacial score (nSPS) is 28.9. The maximum Gasteiger partial charge on any atom is 0.310 e. The average Bonchev–Trinajstić information content (AvgIpc) is 2.95. The Labute approximate surface area is 146 Å². The zero-order chi connectivity index (χ0) is 17.5. The fraction of sp³-hybridized carbons (Fsp3) is 0.889. The van der Waals surface area contributed by atoms with Gasteiger partial charge in [0.05, 0.1) is 19.6 Å². The van der Waals surface area contributed by atoms with E-state index in [1.54, 1.807) is 0 Å². The molecule has 0 radical (unpaired) electrons. The minimum absolute atomic E-state index is 0.0539. The first-order valence-corrected chi connectivity index (χ1v) is 9.38. The third-order valence-corrected chi connectivity index (χ3v) is 5.17. The second-order valence-electron chi connectivity index (χ2n) is 7.30. The number of rotatable bonds is 5. The van der Waals surface area contributed by atoms with Gasteiger partial charge in [-0.05, 0) is 38.1 Å². The molecule has 2 heterocycles. The lowest BCUT2D eigenvalue weighted by molar-refractivity contribution is -0.145. The van der Waals surface area contributed by atoms with Crippen LogP contribution >= 0.6 is 0 Å². The smallest absolute Gasteiger partial charge is 0.310 e. The molecule has 0 saturated carbocycles. The van der Waals surface area contributed by atoms with Crippen LogP contribution in [0.1, 0.15) is 33.6 Å². The van der Waals surface area contributed by atoms with Gasteiger partial charge in [0, 0.05) is 32.7 Å². The van der Waals surface area contributed by atoms with Crippen molar-refractivity contribution >= 4 is 11.9 Å². The largest absolute Gasteiger partial charge is 0.469 e. The van der Waals surface area contributed by atoms with Crippen molar-refractivity contribution in [2.75, 3.05) is 52.9 Å². The molecule has 3 unspecified atom stereocenters. The summed E-state index contributed by atoms with van der Waals surface area (Å²) in [5.74, 6) is 1.87. The molecule has 0 spiro atoms. The number of esters is 1. The van der Waals surface area contributed by atoms with Gasteiger partial charge in [-0.25, -0.2) is 0 Å². The summed E-state index contributed by atoms with van der Waals surface area (Å²) in [5, 5.41) is 3.37. The Kier molecular flexibility index (Phi) is 7.34. The number of methoxy groups -OCH3 is 1. The standard InChI is InChI=1S/C18H34N4O2/c1-5-19-18(20-8-10-21-9-6-7-14(2)11-21)22-12-15(3)16(13-22)17(23)24-4/h14-16H,5-13H2,1-4H3,(H,19,20). The predicted molar refractivity (Wildman–Crippen MR) is 97.1 cm³/mol. The van der Waals surface area contributed by atoms with E-state index in [9.17, 15) is 4.79 Å². The van der Waals surface area contributed by atoms with Crippen LogP contribution in [-0.2, 0) is 9.53 Å². The van der Waals surface area contributed by atoms with Crippen LogP contribution in [-0.4, -0.2) is 74.7 Å². The Morgan fingerprint density at radius 2 is 2.08 bits per heavy atom. The summed E-state index contributed by atoms with van der Waals surface area (Å²) in [7, 11) is 1.47. The van der Waals surface area contributed by atoms with Gasteiger partial charge < -0.3 is 19.9 Å². The van der Waals surface area contributed by atoms with Crippen molar-refractivity contribution in [3.63, 3.8) is 0 Å². The molecule has 0 bridgehead atoms. The fourth-order valence-electron chi connectivity index (χ4n) is 3.81. The van der Waals surface area contributed by atoms with Gasteiger partial charge in [0.15, 0.2) is 5.96 Å². The number of guanidine groups is 1. The molecule has 2 aliphatic rings.